The molecular formula is C12H13BrClNO3S. The van der Waals surface area contributed by atoms with Crippen molar-refractivity contribution in [2.45, 2.75) is 17.7 Å². The summed E-state index contributed by atoms with van der Waals surface area (Å²) in [5.41, 5.74) is 0. The summed E-state index contributed by atoms with van der Waals surface area (Å²) in [5, 5.41) is 0.201. The normalized spacial score (nSPS) is 18.4. The van der Waals surface area contributed by atoms with Crippen LogP contribution >= 0.6 is 27.5 Å². The Hall–Kier alpha value is -0.430. The van der Waals surface area contributed by atoms with Crippen LogP contribution in [0.25, 0.3) is 0 Å². The van der Waals surface area contributed by atoms with E-state index in [0.29, 0.717) is 25.9 Å². The topological polar surface area (TPSA) is 54.5 Å². The molecule has 1 saturated heterocycles. The molecule has 0 bridgehead atoms. The fourth-order valence-electron chi connectivity index (χ4n) is 2.08. The van der Waals surface area contributed by atoms with E-state index in [1.807, 2.05) is 0 Å². The fraction of sp³-hybridized carbons (Fsp3) is 0.417. The molecule has 1 aliphatic heterocycles. The number of rotatable bonds is 3. The van der Waals surface area contributed by atoms with Crippen LogP contribution in [0.2, 0.25) is 5.02 Å². The molecule has 104 valence electrons. The minimum Gasteiger partial charge on any atom is -0.303 e. The van der Waals surface area contributed by atoms with Crippen molar-refractivity contribution in [1.29, 1.82) is 0 Å². The van der Waals surface area contributed by atoms with Crippen molar-refractivity contribution < 1.29 is 13.2 Å². The van der Waals surface area contributed by atoms with Gasteiger partial charge in [0.2, 0.25) is 10.0 Å². The van der Waals surface area contributed by atoms with Crippen LogP contribution in [-0.2, 0) is 14.8 Å². The highest BCUT2D eigenvalue weighted by molar-refractivity contribution is 9.10. The Morgan fingerprint density at radius 3 is 2.47 bits per heavy atom. The number of halogens is 2. The molecule has 2 rings (SSSR count). The molecule has 0 radical (unpaired) electrons. The second kappa shape index (κ2) is 5.91. The number of aldehydes is 1. The first-order valence-corrected chi connectivity index (χ1v) is 8.47. The molecule has 0 atom stereocenters. The van der Waals surface area contributed by atoms with Gasteiger partial charge in [-0.1, -0.05) is 27.5 Å². The van der Waals surface area contributed by atoms with Crippen molar-refractivity contribution in [2.75, 3.05) is 13.1 Å². The van der Waals surface area contributed by atoms with Crippen LogP contribution in [-0.4, -0.2) is 32.1 Å². The van der Waals surface area contributed by atoms with Gasteiger partial charge in [-0.25, -0.2) is 8.42 Å². The summed E-state index contributed by atoms with van der Waals surface area (Å²) in [4.78, 5) is 10.8. The number of benzene rings is 1. The average Bonchev–Trinajstić information content (AvgIpc) is 2.38. The van der Waals surface area contributed by atoms with Crippen LogP contribution in [0, 0.1) is 5.92 Å². The van der Waals surface area contributed by atoms with Gasteiger partial charge in [0.15, 0.2) is 0 Å². The Balaban J connectivity index is 2.25. The third kappa shape index (κ3) is 3.18. The Kier molecular flexibility index (Phi) is 4.66. The first kappa shape index (κ1) is 15.0. The van der Waals surface area contributed by atoms with Crippen molar-refractivity contribution in [3.63, 3.8) is 0 Å². The van der Waals surface area contributed by atoms with Gasteiger partial charge in [0.1, 0.15) is 11.2 Å². The zero-order chi connectivity index (χ0) is 14.0. The third-order valence-corrected chi connectivity index (χ3v) is 6.08. The summed E-state index contributed by atoms with van der Waals surface area (Å²) in [6.45, 7) is 0.719. The highest BCUT2D eigenvalue weighted by Crippen LogP contribution is 2.29. The summed E-state index contributed by atoms with van der Waals surface area (Å²) < 4.78 is 27.0. The molecule has 0 aliphatic carbocycles. The van der Waals surface area contributed by atoms with Gasteiger partial charge in [0, 0.05) is 23.5 Å². The molecular weight excluding hydrogens is 354 g/mol. The standard InChI is InChI=1S/C12H13BrClNO3S/c13-10-1-2-12(11(14)7-10)19(17,18)15-5-3-9(8-16)4-6-15/h1-2,7-9H,3-6H2. The zero-order valence-corrected chi connectivity index (χ0v) is 13.2. The molecule has 1 fully saturated rings. The molecule has 1 heterocycles. The average molecular weight is 367 g/mol. The molecule has 0 unspecified atom stereocenters. The Morgan fingerprint density at radius 2 is 1.95 bits per heavy atom. The smallest absolute Gasteiger partial charge is 0.244 e. The maximum absolute atomic E-state index is 12.5. The highest BCUT2D eigenvalue weighted by atomic mass is 79.9. The van der Waals surface area contributed by atoms with E-state index < -0.39 is 10.0 Å². The molecule has 1 aliphatic rings. The zero-order valence-electron chi connectivity index (χ0n) is 10.1. The number of nitrogens with zero attached hydrogens (tertiary/aromatic N) is 1. The van der Waals surface area contributed by atoms with Gasteiger partial charge >= 0.3 is 0 Å². The van der Waals surface area contributed by atoms with E-state index in [1.54, 1.807) is 12.1 Å². The first-order chi connectivity index (χ1) is 8.95. The van der Waals surface area contributed by atoms with Crippen molar-refractivity contribution in [1.82, 2.24) is 4.31 Å². The maximum Gasteiger partial charge on any atom is 0.244 e. The largest absolute Gasteiger partial charge is 0.303 e. The number of hydrogen-bond acceptors (Lipinski definition) is 3. The third-order valence-electron chi connectivity index (χ3n) is 3.20. The number of carbonyl (C=O) groups excluding carboxylic acids is 1. The molecule has 0 N–H and O–H groups in total. The highest BCUT2D eigenvalue weighted by Gasteiger charge is 2.30. The molecule has 1 aromatic rings. The second-order valence-corrected chi connectivity index (χ2v) is 7.68. The van der Waals surface area contributed by atoms with Crippen molar-refractivity contribution in [2.24, 2.45) is 5.92 Å². The van der Waals surface area contributed by atoms with Gasteiger partial charge < -0.3 is 4.79 Å². The fourth-order valence-corrected chi connectivity index (χ4v) is 4.56. The SMILES string of the molecule is O=CC1CCN(S(=O)(=O)c2ccc(Br)cc2Cl)CC1. The summed E-state index contributed by atoms with van der Waals surface area (Å²) >= 11 is 9.24. The Bertz CT molecular complexity index is 583. The second-order valence-electron chi connectivity index (χ2n) is 4.45. The van der Waals surface area contributed by atoms with Crippen LogP contribution in [0.3, 0.4) is 0 Å². The quantitative estimate of drug-likeness (QED) is 0.773. The molecule has 0 aromatic heterocycles. The summed E-state index contributed by atoms with van der Waals surface area (Å²) in [5.74, 6) is -0.0353. The Labute approximate surface area is 125 Å². The van der Waals surface area contributed by atoms with Crippen molar-refractivity contribution >= 4 is 43.8 Å². The van der Waals surface area contributed by atoms with E-state index in [1.165, 1.54) is 10.4 Å². The van der Waals surface area contributed by atoms with E-state index >= 15 is 0 Å². The lowest BCUT2D eigenvalue weighted by Crippen LogP contribution is -2.38. The summed E-state index contributed by atoms with van der Waals surface area (Å²) in [6, 6.07) is 4.71. The lowest BCUT2D eigenvalue weighted by atomic mass is 10.0. The number of piperidine rings is 1. The van der Waals surface area contributed by atoms with Gasteiger partial charge in [0.05, 0.1) is 5.02 Å². The molecule has 0 spiro atoms. The van der Waals surface area contributed by atoms with Gasteiger partial charge in [0.25, 0.3) is 0 Å². The van der Waals surface area contributed by atoms with Crippen molar-refractivity contribution in [3.8, 4) is 0 Å². The monoisotopic (exact) mass is 365 g/mol. The molecule has 0 amide bonds. The van der Waals surface area contributed by atoms with Crippen LogP contribution < -0.4 is 0 Å². The van der Waals surface area contributed by atoms with Crippen LogP contribution in [0.4, 0.5) is 0 Å². The first-order valence-electron chi connectivity index (χ1n) is 5.85. The molecule has 0 saturated carbocycles. The summed E-state index contributed by atoms with van der Waals surface area (Å²) in [7, 11) is -3.58. The van der Waals surface area contributed by atoms with Gasteiger partial charge in [-0.2, -0.15) is 4.31 Å². The molecule has 19 heavy (non-hydrogen) atoms. The predicted octanol–water partition coefficient (Wildman–Crippen LogP) is 2.70. The summed E-state index contributed by atoms with van der Waals surface area (Å²) in [6.07, 6.45) is 2.03. The molecule has 1 aromatic carbocycles. The number of sulfonamides is 1. The lowest BCUT2D eigenvalue weighted by Gasteiger charge is -2.29. The Morgan fingerprint density at radius 1 is 1.32 bits per heavy atom. The van der Waals surface area contributed by atoms with E-state index in [9.17, 15) is 13.2 Å². The van der Waals surface area contributed by atoms with E-state index in [4.69, 9.17) is 11.6 Å². The van der Waals surface area contributed by atoms with Crippen molar-refractivity contribution in [3.05, 3.63) is 27.7 Å². The predicted molar refractivity (Wildman–Crippen MR) is 76.7 cm³/mol. The van der Waals surface area contributed by atoms with E-state index in [2.05, 4.69) is 15.9 Å². The van der Waals surface area contributed by atoms with E-state index in [-0.39, 0.29) is 15.8 Å². The van der Waals surface area contributed by atoms with E-state index in [0.717, 1.165) is 10.8 Å². The van der Waals surface area contributed by atoms with Crippen LogP contribution in [0.15, 0.2) is 27.6 Å². The minimum absolute atomic E-state index is 0.0353. The maximum atomic E-state index is 12.5. The van der Waals surface area contributed by atoms with Gasteiger partial charge in [-0.3, -0.25) is 0 Å². The van der Waals surface area contributed by atoms with Gasteiger partial charge in [-0.05, 0) is 31.0 Å². The van der Waals surface area contributed by atoms with Gasteiger partial charge in [-0.15, -0.1) is 0 Å². The van der Waals surface area contributed by atoms with Crippen LogP contribution in [0.5, 0.6) is 0 Å². The molecule has 4 nitrogen and oxygen atoms in total. The number of hydrogen-bond donors (Lipinski definition) is 0. The minimum atomic E-state index is -3.58. The number of carbonyl (C=O) groups is 1. The lowest BCUT2D eigenvalue weighted by molar-refractivity contribution is -0.112. The molecule has 7 heteroatoms. The van der Waals surface area contributed by atoms with Crippen LogP contribution in [0.1, 0.15) is 12.8 Å².